The van der Waals surface area contributed by atoms with Crippen LogP contribution < -0.4 is 5.73 Å². The van der Waals surface area contributed by atoms with Gasteiger partial charge in [-0.1, -0.05) is 40.9 Å². The van der Waals surface area contributed by atoms with Crippen molar-refractivity contribution in [3.63, 3.8) is 0 Å². The van der Waals surface area contributed by atoms with E-state index in [2.05, 4.69) is 40.9 Å². The molecule has 0 aliphatic carbocycles. The van der Waals surface area contributed by atoms with Crippen LogP contribution in [0.4, 0.5) is 0 Å². The number of nitrogens with two attached hydrogens (primary N) is 1. The second-order valence-electron chi connectivity index (χ2n) is 26.4. The van der Waals surface area contributed by atoms with Gasteiger partial charge in [-0.25, -0.2) is 0 Å². The number of hydrogen-bond donors (Lipinski definition) is 3. The second-order valence-corrected chi connectivity index (χ2v) is 26.4. The van der Waals surface area contributed by atoms with Gasteiger partial charge in [0.25, 0.3) is 0 Å². The minimum Gasteiger partial charge on any atom is -0.459 e. The van der Waals surface area contributed by atoms with Crippen LogP contribution in [0.1, 0.15) is 137 Å². The van der Waals surface area contributed by atoms with Crippen molar-refractivity contribution >= 4 is 5.97 Å². The van der Waals surface area contributed by atoms with E-state index < -0.39 is 66.5 Å². The Morgan fingerprint density at radius 1 is 0.579 bits per heavy atom. The van der Waals surface area contributed by atoms with Gasteiger partial charge >= 0.3 is 5.97 Å². The van der Waals surface area contributed by atoms with E-state index >= 15 is 0 Å². The Morgan fingerprint density at radius 2 is 1.32 bits per heavy atom. The Labute approximate surface area is 447 Å². The summed E-state index contributed by atoms with van der Waals surface area (Å²) in [6.07, 6.45) is 2.83. The third-order valence-electron chi connectivity index (χ3n) is 21.1. The highest BCUT2D eigenvalue weighted by Gasteiger charge is 2.69. The maximum absolute atomic E-state index is 14.5. The minimum atomic E-state index is -1.02. The molecule has 76 heavy (non-hydrogen) atoms. The molecule has 0 amide bonds. The molecule has 424 valence electrons. The lowest BCUT2D eigenvalue weighted by molar-refractivity contribution is -0.293. The summed E-state index contributed by atoms with van der Waals surface area (Å²) in [5.74, 6) is -2.02. The molecule has 0 aromatic heterocycles. The standard InChI is InChI=1S/C58H85NO17/c1-25-13-31-7-9-37-26(2)14-33(63-37)11-12-57-23-45-53(75-57)54-55(70-45)56(76-57)52-38(68-54)10-8-32(66-52)17-47(62)72-51-30(6)50-43(67-42(51)19-39(64-31)29(25)5)20-40-44(69-50)22-58(73-40)21-36(61)48(74-58)27(3)15-34-16-28(4)49-41(65-34)18-35(60)46(24-59)71-49/h25,27-28,30-46,48-56,60-61H,2,5,7-24,59H2,1,3-4,6H3/t25-,27+,28+,30+,31+,32-,33+,34?,35-,36+,37+,38+,39-,40-,41+,42+,43+,44-,45-,46-,48+,49+,50+,51-,52+,53+,54+,55-,56?,57+,58-/m1/s1. The Hall–Kier alpha value is -1.69. The van der Waals surface area contributed by atoms with Gasteiger partial charge in [-0.15, -0.1) is 0 Å². The van der Waals surface area contributed by atoms with E-state index in [0.29, 0.717) is 57.8 Å². The molecular weight excluding hydrogens is 983 g/mol. The van der Waals surface area contributed by atoms with Crippen LogP contribution in [0.15, 0.2) is 24.3 Å². The van der Waals surface area contributed by atoms with Gasteiger partial charge < -0.3 is 82.3 Å². The number of carbonyl (C=O) groups excluding carboxylic acids is 1. The Kier molecular flexibility index (Phi) is 13.8. The zero-order chi connectivity index (χ0) is 52.1. The van der Waals surface area contributed by atoms with Crippen LogP contribution in [-0.2, 0) is 71.1 Å². The minimum absolute atomic E-state index is 0.0164. The van der Waals surface area contributed by atoms with E-state index in [9.17, 15) is 15.0 Å². The summed E-state index contributed by atoms with van der Waals surface area (Å²) in [6, 6.07) is 0. The number of aliphatic hydroxyl groups excluding tert-OH is 2. The Morgan fingerprint density at radius 3 is 2.17 bits per heavy atom. The zero-order valence-corrected chi connectivity index (χ0v) is 45.0. The predicted molar refractivity (Wildman–Crippen MR) is 267 cm³/mol. The van der Waals surface area contributed by atoms with Crippen molar-refractivity contribution in [2.24, 2.45) is 29.4 Å². The normalized spacial score (nSPS) is 57.0. The van der Waals surface area contributed by atoms with Crippen molar-refractivity contribution < 1.29 is 81.3 Å². The number of esters is 1. The van der Waals surface area contributed by atoms with Crippen molar-refractivity contribution in [3.8, 4) is 0 Å². The predicted octanol–water partition coefficient (Wildman–Crippen LogP) is 4.78. The average Bonchev–Trinajstić information content (AvgIpc) is 4.29. The first-order chi connectivity index (χ1) is 36.6. The van der Waals surface area contributed by atoms with Gasteiger partial charge in [-0.05, 0) is 86.7 Å². The molecule has 12 bridgehead atoms. The van der Waals surface area contributed by atoms with Gasteiger partial charge in [0.15, 0.2) is 11.6 Å². The second kappa shape index (κ2) is 20.0. The summed E-state index contributed by atoms with van der Waals surface area (Å²) in [6.45, 7) is 18.0. The molecule has 15 saturated heterocycles. The Bertz CT molecular complexity index is 2200. The van der Waals surface area contributed by atoms with Crippen LogP contribution in [0.2, 0.25) is 0 Å². The lowest BCUT2D eigenvalue weighted by Crippen LogP contribution is -2.62. The smallest absolute Gasteiger partial charge is 0.308 e. The molecule has 15 aliphatic rings. The van der Waals surface area contributed by atoms with Gasteiger partial charge in [0, 0.05) is 57.4 Å². The number of fused-ring (bicyclic) bond motifs is 9. The van der Waals surface area contributed by atoms with E-state index in [4.69, 9.17) is 72.0 Å². The third kappa shape index (κ3) is 9.26. The molecule has 2 spiro atoms. The molecule has 0 radical (unpaired) electrons. The summed E-state index contributed by atoms with van der Waals surface area (Å²) in [5.41, 5.74) is 8.04. The highest BCUT2D eigenvalue weighted by atomic mass is 16.8. The van der Waals surface area contributed by atoms with Gasteiger partial charge in [0.2, 0.25) is 0 Å². The highest BCUT2D eigenvalue weighted by molar-refractivity contribution is 5.70. The summed E-state index contributed by atoms with van der Waals surface area (Å²) < 4.78 is 95.4. The van der Waals surface area contributed by atoms with E-state index in [1.165, 1.54) is 0 Å². The van der Waals surface area contributed by atoms with Gasteiger partial charge in [0.05, 0.1) is 122 Å². The summed E-state index contributed by atoms with van der Waals surface area (Å²) in [4.78, 5) is 14.5. The molecule has 15 rings (SSSR count). The lowest BCUT2D eigenvalue weighted by Gasteiger charge is -2.50. The summed E-state index contributed by atoms with van der Waals surface area (Å²) in [5, 5.41) is 22.4. The molecule has 15 aliphatic heterocycles. The van der Waals surface area contributed by atoms with Crippen molar-refractivity contribution in [3.05, 3.63) is 24.3 Å². The largest absolute Gasteiger partial charge is 0.459 e. The van der Waals surface area contributed by atoms with Gasteiger partial charge in [0.1, 0.15) is 36.6 Å². The Balaban J connectivity index is 0.681. The van der Waals surface area contributed by atoms with Gasteiger partial charge in [-0.2, -0.15) is 0 Å². The molecule has 31 atom stereocenters. The number of aliphatic hydroxyl groups is 2. The van der Waals surface area contributed by atoms with Crippen LogP contribution in [0.25, 0.3) is 0 Å². The molecule has 18 nitrogen and oxygen atoms in total. The van der Waals surface area contributed by atoms with Gasteiger partial charge in [-0.3, -0.25) is 4.79 Å². The van der Waals surface area contributed by atoms with Crippen LogP contribution in [0.5, 0.6) is 0 Å². The van der Waals surface area contributed by atoms with Crippen molar-refractivity contribution in [1.29, 1.82) is 0 Å². The molecule has 0 aromatic carbocycles. The lowest BCUT2D eigenvalue weighted by atomic mass is 9.79. The molecule has 0 aromatic rings. The number of hydrogen-bond acceptors (Lipinski definition) is 18. The molecule has 15 fully saturated rings. The van der Waals surface area contributed by atoms with Crippen LogP contribution in [-0.4, -0.2) is 187 Å². The van der Waals surface area contributed by atoms with E-state index in [1.54, 1.807) is 0 Å². The first-order valence-corrected chi connectivity index (χ1v) is 29.8. The van der Waals surface area contributed by atoms with Crippen molar-refractivity contribution in [2.75, 3.05) is 6.54 Å². The molecule has 18 heteroatoms. The molecule has 15 heterocycles. The highest BCUT2D eigenvalue weighted by Crippen LogP contribution is 2.56. The first-order valence-electron chi connectivity index (χ1n) is 29.8. The zero-order valence-electron chi connectivity index (χ0n) is 45.0. The van der Waals surface area contributed by atoms with E-state index in [1.807, 2.05) is 0 Å². The monoisotopic (exact) mass is 1070 g/mol. The molecule has 0 saturated carbocycles. The topological polar surface area (TPSA) is 213 Å². The van der Waals surface area contributed by atoms with Crippen LogP contribution >= 0.6 is 0 Å². The first kappa shape index (κ1) is 52.4. The van der Waals surface area contributed by atoms with E-state index in [0.717, 1.165) is 56.1 Å². The third-order valence-corrected chi connectivity index (χ3v) is 21.1. The molecular formula is C58H85NO17. The quantitative estimate of drug-likeness (QED) is 0.256. The molecule has 2 unspecified atom stereocenters. The van der Waals surface area contributed by atoms with Crippen molar-refractivity contribution in [2.45, 2.75) is 301 Å². The summed E-state index contributed by atoms with van der Waals surface area (Å²) >= 11 is 0. The number of rotatable bonds is 4. The SMILES string of the molecule is C=C1C[C@@H]2CC[C@@]34C[C@H]5O[C@H]6C(O3)[C@H]3O[C@H](CC[C@@H]3O[C@H]6[C@H]5O4)CC(=O)O[C@@H]3[C@@H](C)[C@@H]4O[C@@H]5C[C@]6(C[C@H](O)[C@H]([C@@H](C)CC7C[C@H](C)[C@@H]8O[C@H](CN)[C@H](O)C[C@@H]8O7)O6)O[C@@H]5C[C@@H]4O[C@H]3C[C@H]3O[C@@H](CC[C@@H]1O2)C[C@@H](C)C3=C. The van der Waals surface area contributed by atoms with Crippen LogP contribution in [0, 0.1) is 23.7 Å². The average molecular weight is 1070 g/mol. The fourth-order valence-electron chi connectivity index (χ4n) is 17.3. The summed E-state index contributed by atoms with van der Waals surface area (Å²) in [7, 11) is 0. The molecule has 4 N–H and O–H groups in total. The van der Waals surface area contributed by atoms with Crippen molar-refractivity contribution in [1.82, 2.24) is 0 Å². The van der Waals surface area contributed by atoms with Crippen LogP contribution in [0.3, 0.4) is 0 Å². The number of ether oxygens (including phenoxy) is 14. The number of carbonyl (C=O) groups is 1. The maximum atomic E-state index is 14.5. The fraction of sp³-hybridized carbons (Fsp3) is 0.914. The van der Waals surface area contributed by atoms with E-state index in [-0.39, 0.29) is 140 Å². The maximum Gasteiger partial charge on any atom is 0.308 e. The fourth-order valence-corrected chi connectivity index (χ4v) is 17.3.